The third-order valence-electron chi connectivity index (χ3n) is 5.62. The lowest BCUT2D eigenvalue weighted by Gasteiger charge is -2.36. The number of H-pyrrole nitrogens is 1. The number of aromatic nitrogens is 1. The van der Waals surface area contributed by atoms with Gasteiger partial charge in [-0.1, -0.05) is 23.5 Å². The van der Waals surface area contributed by atoms with Crippen molar-refractivity contribution in [1.29, 1.82) is 0 Å². The zero-order chi connectivity index (χ0) is 21.5. The van der Waals surface area contributed by atoms with Gasteiger partial charge in [0.15, 0.2) is 0 Å². The maximum atomic E-state index is 11.3. The molecule has 4 rings (SSSR count). The number of fused-ring (bicyclic) bond motifs is 1. The number of thiazole rings is 1. The summed E-state index contributed by atoms with van der Waals surface area (Å²) in [4.78, 5) is 14.1. The first kappa shape index (κ1) is 20.3. The van der Waals surface area contributed by atoms with E-state index in [4.69, 9.17) is 9.47 Å². The third kappa shape index (κ3) is 4.03. The molecule has 0 spiro atoms. The van der Waals surface area contributed by atoms with Crippen LogP contribution in [0, 0.1) is 13.8 Å². The van der Waals surface area contributed by atoms with Crippen LogP contribution >= 0.6 is 11.3 Å². The molecule has 1 atom stereocenters. The third-order valence-corrected chi connectivity index (χ3v) is 6.49. The number of benzene rings is 2. The summed E-state index contributed by atoms with van der Waals surface area (Å²) in [7, 11) is 0. The molecule has 2 aromatic carbocycles. The largest absolute Gasteiger partial charge is 0.507 e. The predicted octanol–water partition coefficient (Wildman–Crippen LogP) is 4.22. The number of rotatable bonds is 5. The number of aromatic hydroxyl groups is 2. The average Bonchev–Trinajstić information content (AvgIpc) is 3.02. The van der Waals surface area contributed by atoms with Crippen LogP contribution in [0.4, 0.5) is 0 Å². The van der Waals surface area contributed by atoms with Crippen molar-refractivity contribution < 1.29 is 19.7 Å². The molecule has 158 valence electrons. The summed E-state index contributed by atoms with van der Waals surface area (Å²) >= 11 is 1.01. The molecule has 1 aromatic heterocycles. The van der Waals surface area contributed by atoms with Crippen molar-refractivity contribution in [2.24, 2.45) is 0 Å². The van der Waals surface area contributed by atoms with Gasteiger partial charge in [0.2, 0.25) is 5.88 Å². The van der Waals surface area contributed by atoms with E-state index in [-0.39, 0.29) is 10.8 Å². The molecule has 1 unspecified atom stereocenters. The number of aromatic amines is 1. The Hall–Kier alpha value is -2.93. The van der Waals surface area contributed by atoms with Gasteiger partial charge in [-0.3, -0.25) is 9.78 Å². The minimum atomic E-state index is -0.454. The number of aryl methyl sites for hydroxylation is 1. The predicted molar refractivity (Wildman–Crippen MR) is 116 cm³/mol. The highest BCUT2D eigenvalue weighted by molar-refractivity contribution is 7.09. The Morgan fingerprint density at radius 1 is 1.23 bits per heavy atom. The van der Waals surface area contributed by atoms with Gasteiger partial charge in [-0.25, -0.2) is 0 Å². The maximum Gasteiger partial charge on any atom is 0.307 e. The van der Waals surface area contributed by atoms with Gasteiger partial charge >= 0.3 is 4.87 Å². The molecule has 2 heterocycles. The molecule has 0 aliphatic carbocycles. The van der Waals surface area contributed by atoms with E-state index < -0.39 is 5.60 Å². The molecular weight excluding hydrogens is 402 g/mol. The normalized spacial score (nSPS) is 18.0. The van der Waals surface area contributed by atoms with Crippen LogP contribution in [0.5, 0.6) is 23.1 Å². The van der Waals surface area contributed by atoms with Gasteiger partial charge in [-0.2, -0.15) is 0 Å². The van der Waals surface area contributed by atoms with Gasteiger partial charge in [-0.15, -0.1) is 0 Å². The van der Waals surface area contributed by atoms with Crippen LogP contribution in [-0.4, -0.2) is 27.4 Å². The number of nitrogens with one attached hydrogen (secondary N) is 1. The van der Waals surface area contributed by atoms with Crippen LogP contribution in [0.15, 0.2) is 35.1 Å². The number of phenolic OH excluding ortho intramolecular Hbond substituents is 1. The molecule has 3 aromatic rings. The quantitative estimate of drug-likeness (QED) is 0.567. The molecule has 7 heteroatoms. The van der Waals surface area contributed by atoms with Crippen molar-refractivity contribution in [3.63, 3.8) is 0 Å². The number of ether oxygens (including phenoxy) is 2. The van der Waals surface area contributed by atoms with E-state index >= 15 is 0 Å². The summed E-state index contributed by atoms with van der Waals surface area (Å²) in [5.74, 6) is 1.84. The molecule has 1 aliphatic heterocycles. The van der Waals surface area contributed by atoms with Crippen molar-refractivity contribution in [2.45, 2.75) is 45.6 Å². The van der Waals surface area contributed by atoms with Gasteiger partial charge in [0, 0.05) is 12.0 Å². The molecule has 30 heavy (non-hydrogen) atoms. The second-order valence-electron chi connectivity index (χ2n) is 8.09. The van der Waals surface area contributed by atoms with Crippen LogP contribution in [0.3, 0.4) is 0 Å². The second-order valence-corrected chi connectivity index (χ2v) is 9.16. The molecular formula is C23H25NO5S. The fourth-order valence-electron chi connectivity index (χ4n) is 3.78. The van der Waals surface area contributed by atoms with E-state index in [1.54, 1.807) is 0 Å². The van der Waals surface area contributed by atoms with Gasteiger partial charge in [0.25, 0.3) is 0 Å². The minimum absolute atomic E-state index is 0.0632. The van der Waals surface area contributed by atoms with Crippen LogP contribution in [0.2, 0.25) is 0 Å². The first-order chi connectivity index (χ1) is 14.2. The fourth-order valence-corrected chi connectivity index (χ4v) is 4.54. The molecule has 0 amide bonds. The van der Waals surface area contributed by atoms with Crippen LogP contribution in [-0.2, 0) is 12.8 Å². The highest BCUT2D eigenvalue weighted by atomic mass is 32.1. The minimum Gasteiger partial charge on any atom is -0.507 e. The Morgan fingerprint density at radius 2 is 1.97 bits per heavy atom. The maximum absolute atomic E-state index is 11.3. The van der Waals surface area contributed by atoms with E-state index in [1.807, 2.05) is 51.1 Å². The zero-order valence-electron chi connectivity index (χ0n) is 17.2. The summed E-state index contributed by atoms with van der Waals surface area (Å²) in [6, 6.07) is 9.51. The lowest BCUT2D eigenvalue weighted by molar-refractivity contribution is 0.0173. The van der Waals surface area contributed by atoms with E-state index in [0.717, 1.165) is 57.9 Å². The van der Waals surface area contributed by atoms with Crippen LogP contribution in [0.25, 0.3) is 0 Å². The summed E-state index contributed by atoms with van der Waals surface area (Å²) in [6.07, 6.45) is 2.11. The van der Waals surface area contributed by atoms with Crippen molar-refractivity contribution in [3.05, 3.63) is 67.1 Å². The first-order valence-corrected chi connectivity index (χ1v) is 10.7. The molecule has 0 bridgehead atoms. The Balaban J connectivity index is 1.41. The second kappa shape index (κ2) is 7.72. The molecule has 1 aliphatic rings. The Morgan fingerprint density at radius 3 is 2.63 bits per heavy atom. The summed E-state index contributed by atoms with van der Waals surface area (Å²) in [5.41, 5.74) is 3.29. The first-order valence-electron chi connectivity index (χ1n) is 9.88. The molecule has 0 saturated heterocycles. The average molecular weight is 428 g/mol. The summed E-state index contributed by atoms with van der Waals surface area (Å²) in [6.45, 7) is 6.25. The van der Waals surface area contributed by atoms with E-state index in [1.165, 1.54) is 0 Å². The number of hydrogen-bond acceptors (Lipinski definition) is 6. The van der Waals surface area contributed by atoms with Crippen LogP contribution < -0.4 is 14.3 Å². The van der Waals surface area contributed by atoms with E-state index in [9.17, 15) is 15.0 Å². The van der Waals surface area contributed by atoms with Crippen molar-refractivity contribution in [3.8, 4) is 23.1 Å². The Kier molecular flexibility index (Phi) is 5.24. The highest BCUT2D eigenvalue weighted by Crippen LogP contribution is 2.40. The smallest absolute Gasteiger partial charge is 0.307 e. The topological polar surface area (TPSA) is 91.8 Å². The number of phenols is 1. The SMILES string of the molecule is Cc1cc2c(c(C)c1O)CCC(C)(COc1ccc(Cc3sc(=O)[nH]c3O)cc1)O2. The van der Waals surface area contributed by atoms with Gasteiger partial charge in [0.1, 0.15) is 29.5 Å². The zero-order valence-corrected chi connectivity index (χ0v) is 18.1. The van der Waals surface area contributed by atoms with Crippen molar-refractivity contribution in [2.75, 3.05) is 6.61 Å². The molecule has 0 fully saturated rings. The van der Waals surface area contributed by atoms with E-state index in [2.05, 4.69) is 4.98 Å². The molecule has 6 nitrogen and oxygen atoms in total. The van der Waals surface area contributed by atoms with Crippen molar-refractivity contribution >= 4 is 11.3 Å². The number of hydrogen-bond donors (Lipinski definition) is 3. The fraction of sp³-hybridized carbons (Fsp3) is 0.348. The lowest BCUT2D eigenvalue weighted by atomic mass is 9.89. The van der Waals surface area contributed by atoms with Crippen molar-refractivity contribution in [1.82, 2.24) is 4.98 Å². The summed E-state index contributed by atoms with van der Waals surface area (Å²) in [5, 5.41) is 19.9. The van der Waals surface area contributed by atoms with Gasteiger partial charge < -0.3 is 19.7 Å². The molecule has 3 N–H and O–H groups in total. The van der Waals surface area contributed by atoms with E-state index in [0.29, 0.717) is 23.7 Å². The lowest BCUT2D eigenvalue weighted by Crippen LogP contribution is -2.42. The monoisotopic (exact) mass is 427 g/mol. The molecule has 0 radical (unpaired) electrons. The Labute approximate surface area is 178 Å². The van der Waals surface area contributed by atoms with Crippen LogP contribution in [0.1, 0.15) is 40.5 Å². The van der Waals surface area contributed by atoms with Gasteiger partial charge in [-0.05, 0) is 68.5 Å². The van der Waals surface area contributed by atoms with Gasteiger partial charge in [0.05, 0.1) is 4.88 Å². The standard InChI is InChI=1S/C23H25NO5S/c1-13-10-18-17(14(2)20(13)25)8-9-23(3,29-18)12-28-16-6-4-15(5-7-16)11-19-21(26)24-22(27)30-19/h4-7,10,25-26H,8-9,11-12H2,1-3H3,(H,24,27). The Bertz CT molecular complexity index is 1130. The highest BCUT2D eigenvalue weighted by Gasteiger charge is 2.34. The molecule has 0 saturated carbocycles. The summed E-state index contributed by atoms with van der Waals surface area (Å²) < 4.78 is 12.3.